The maximum atomic E-state index is 12.2. The number of nitrogens with one attached hydrogen (secondary N) is 1. The van der Waals surface area contributed by atoms with E-state index in [9.17, 15) is 4.79 Å². The Labute approximate surface area is 168 Å². The second kappa shape index (κ2) is 8.56. The molecule has 28 heavy (non-hydrogen) atoms. The van der Waals surface area contributed by atoms with E-state index in [1.54, 1.807) is 11.3 Å². The summed E-state index contributed by atoms with van der Waals surface area (Å²) in [5.74, 6) is 1.81. The Bertz CT molecular complexity index is 897. The first kappa shape index (κ1) is 18.7. The minimum atomic E-state index is -0.0598. The molecule has 0 bridgehead atoms. The second-order valence-corrected chi connectivity index (χ2v) is 8.20. The molecule has 0 radical (unpaired) electrons. The molecule has 2 aromatic heterocycles. The Balaban J connectivity index is 1.27. The zero-order valence-corrected chi connectivity index (χ0v) is 16.7. The molecule has 0 saturated carbocycles. The summed E-state index contributed by atoms with van der Waals surface area (Å²) < 4.78 is 5.24. The Morgan fingerprint density at radius 1 is 1.25 bits per heavy atom. The van der Waals surface area contributed by atoms with Crippen LogP contribution in [-0.2, 0) is 11.2 Å². The first-order chi connectivity index (χ1) is 13.7. The molecule has 1 aliphatic rings. The van der Waals surface area contributed by atoms with Crippen molar-refractivity contribution in [3.05, 3.63) is 47.7 Å². The van der Waals surface area contributed by atoms with Crippen LogP contribution in [0.3, 0.4) is 0 Å². The monoisotopic (exact) mass is 396 g/mol. The summed E-state index contributed by atoms with van der Waals surface area (Å²) in [6.45, 7) is 4.52. The summed E-state index contributed by atoms with van der Waals surface area (Å²) in [5.41, 5.74) is 2.03. The van der Waals surface area contributed by atoms with Crippen LogP contribution >= 0.6 is 11.3 Å². The molecule has 1 N–H and O–H groups in total. The molecule has 1 saturated heterocycles. The van der Waals surface area contributed by atoms with Crippen molar-refractivity contribution in [2.45, 2.75) is 32.6 Å². The number of benzene rings is 1. The van der Waals surface area contributed by atoms with Crippen molar-refractivity contribution >= 4 is 28.6 Å². The van der Waals surface area contributed by atoms with E-state index in [4.69, 9.17) is 4.52 Å². The average Bonchev–Trinajstić information content (AvgIpc) is 3.39. The van der Waals surface area contributed by atoms with Crippen LogP contribution < -0.4 is 10.2 Å². The molecule has 0 aliphatic carbocycles. The third kappa shape index (κ3) is 4.59. The van der Waals surface area contributed by atoms with Gasteiger partial charge in [-0.2, -0.15) is 4.98 Å². The van der Waals surface area contributed by atoms with Gasteiger partial charge in [0.15, 0.2) is 0 Å². The van der Waals surface area contributed by atoms with Crippen molar-refractivity contribution in [3.8, 4) is 10.7 Å². The lowest BCUT2D eigenvalue weighted by Gasteiger charge is -2.32. The van der Waals surface area contributed by atoms with Crippen molar-refractivity contribution in [1.82, 2.24) is 10.1 Å². The molecule has 1 aromatic carbocycles. The molecule has 6 nitrogen and oxygen atoms in total. The Morgan fingerprint density at radius 3 is 2.75 bits per heavy atom. The molecular weight excluding hydrogens is 372 g/mol. The first-order valence-electron chi connectivity index (χ1n) is 9.69. The highest BCUT2D eigenvalue weighted by molar-refractivity contribution is 7.13. The highest BCUT2D eigenvalue weighted by Gasteiger charge is 2.16. The van der Waals surface area contributed by atoms with Crippen LogP contribution in [-0.4, -0.2) is 29.1 Å². The Morgan fingerprint density at radius 2 is 2.04 bits per heavy atom. The molecule has 7 heteroatoms. The van der Waals surface area contributed by atoms with Gasteiger partial charge in [-0.15, -0.1) is 11.3 Å². The molecular formula is C21H24N4O2S. The van der Waals surface area contributed by atoms with Gasteiger partial charge in [0.05, 0.1) is 4.88 Å². The van der Waals surface area contributed by atoms with Gasteiger partial charge in [0.25, 0.3) is 0 Å². The van der Waals surface area contributed by atoms with Crippen LogP contribution in [0.5, 0.6) is 0 Å². The zero-order chi connectivity index (χ0) is 19.3. The summed E-state index contributed by atoms with van der Waals surface area (Å²) in [4.78, 5) is 20.0. The number of aromatic nitrogens is 2. The van der Waals surface area contributed by atoms with Crippen LogP contribution in [0.15, 0.2) is 46.3 Å². The molecule has 0 unspecified atom stereocenters. The van der Waals surface area contributed by atoms with Gasteiger partial charge in [-0.05, 0) is 54.5 Å². The van der Waals surface area contributed by atoms with E-state index in [1.807, 2.05) is 29.6 Å². The van der Waals surface area contributed by atoms with Crippen molar-refractivity contribution in [3.63, 3.8) is 0 Å². The number of piperidine rings is 1. The summed E-state index contributed by atoms with van der Waals surface area (Å²) in [6, 6.07) is 12.0. The minimum absolute atomic E-state index is 0.0598. The van der Waals surface area contributed by atoms with Gasteiger partial charge in [-0.25, -0.2) is 0 Å². The summed E-state index contributed by atoms with van der Waals surface area (Å²) in [6.07, 6.45) is 3.21. The largest absolute Gasteiger partial charge is 0.372 e. The van der Waals surface area contributed by atoms with Gasteiger partial charge in [0, 0.05) is 37.3 Å². The van der Waals surface area contributed by atoms with E-state index < -0.39 is 0 Å². The van der Waals surface area contributed by atoms with Crippen molar-refractivity contribution in [2.24, 2.45) is 5.92 Å². The molecule has 1 amide bonds. The van der Waals surface area contributed by atoms with E-state index in [-0.39, 0.29) is 5.91 Å². The molecule has 1 fully saturated rings. The molecule has 1 aliphatic heterocycles. The molecule has 0 spiro atoms. The fourth-order valence-electron chi connectivity index (χ4n) is 3.33. The number of rotatable bonds is 6. The first-order valence-corrected chi connectivity index (χ1v) is 10.6. The predicted octanol–water partition coefficient (Wildman–Crippen LogP) is 4.61. The lowest BCUT2D eigenvalue weighted by molar-refractivity contribution is -0.116. The zero-order valence-electron chi connectivity index (χ0n) is 15.9. The van der Waals surface area contributed by atoms with Crippen LogP contribution in [0.1, 0.15) is 32.1 Å². The van der Waals surface area contributed by atoms with Crippen LogP contribution in [0.25, 0.3) is 10.7 Å². The molecule has 3 heterocycles. The third-order valence-corrected chi connectivity index (χ3v) is 5.94. The van der Waals surface area contributed by atoms with Gasteiger partial charge in [-0.3, -0.25) is 4.79 Å². The van der Waals surface area contributed by atoms with E-state index in [1.165, 1.54) is 18.5 Å². The van der Waals surface area contributed by atoms with Gasteiger partial charge in [0.2, 0.25) is 17.6 Å². The lowest BCUT2D eigenvalue weighted by Crippen LogP contribution is -2.32. The van der Waals surface area contributed by atoms with Crippen molar-refractivity contribution in [1.29, 1.82) is 0 Å². The van der Waals surface area contributed by atoms with Gasteiger partial charge >= 0.3 is 0 Å². The van der Waals surface area contributed by atoms with E-state index in [0.717, 1.165) is 29.6 Å². The van der Waals surface area contributed by atoms with Crippen molar-refractivity contribution in [2.75, 3.05) is 23.3 Å². The van der Waals surface area contributed by atoms with E-state index in [0.29, 0.717) is 24.6 Å². The van der Waals surface area contributed by atoms with Crippen LogP contribution in [0.4, 0.5) is 11.4 Å². The summed E-state index contributed by atoms with van der Waals surface area (Å²) >= 11 is 1.56. The highest BCUT2D eigenvalue weighted by atomic mass is 32.1. The summed E-state index contributed by atoms with van der Waals surface area (Å²) in [7, 11) is 0. The second-order valence-electron chi connectivity index (χ2n) is 7.25. The SMILES string of the molecule is CC1CCN(c2ccc(NC(=O)CCc3nc(-c4cccs4)no3)cc2)CC1. The lowest BCUT2D eigenvalue weighted by atomic mass is 9.99. The summed E-state index contributed by atoms with van der Waals surface area (Å²) in [5, 5.41) is 8.87. The topological polar surface area (TPSA) is 71.3 Å². The maximum Gasteiger partial charge on any atom is 0.227 e. The Kier molecular flexibility index (Phi) is 5.71. The molecule has 146 valence electrons. The number of anilines is 2. The normalized spacial score (nSPS) is 15.0. The van der Waals surface area contributed by atoms with E-state index in [2.05, 4.69) is 39.4 Å². The maximum absolute atomic E-state index is 12.2. The van der Waals surface area contributed by atoms with Crippen LogP contribution in [0, 0.1) is 5.92 Å². The molecule has 3 aromatic rings. The number of nitrogens with zero attached hydrogens (tertiary/aromatic N) is 3. The smallest absolute Gasteiger partial charge is 0.227 e. The van der Waals surface area contributed by atoms with Crippen molar-refractivity contribution < 1.29 is 9.32 Å². The van der Waals surface area contributed by atoms with Gasteiger partial charge in [0.1, 0.15) is 0 Å². The Hall–Kier alpha value is -2.67. The fraction of sp³-hybridized carbons (Fsp3) is 0.381. The van der Waals surface area contributed by atoms with Gasteiger partial charge < -0.3 is 14.7 Å². The van der Waals surface area contributed by atoms with Gasteiger partial charge in [-0.1, -0.05) is 18.1 Å². The molecule has 4 rings (SSSR count). The van der Waals surface area contributed by atoms with E-state index >= 15 is 0 Å². The van der Waals surface area contributed by atoms with Crippen LogP contribution in [0.2, 0.25) is 0 Å². The predicted molar refractivity (Wildman–Crippen MR) is 112 cm³/mol. The number of amides is 1. The highest BCUT2D eigenvalue weighted by Crippen LogP contribution is 2.24. The molecule has 0 atom stereocenters. The quantitative estimate of drug-likeness (QED) is 0.659. The number of carbonyl (C=O) groups is 1. The standard InChI is InChI=1S/C21H24N4O2S/c1-15-10-12-25(13-11-15)17-6-4-16(5-7-17)22-19(26)8-9-20-23-21(24-27-20)18-3-2-14-28-18/h2-7,14-15H,8-13H2,1H3,(H,22,26). The number of aryl methyl sites for hydroxylation is 1. The fourth-order valence-corrected chi connectivity index (χ4v) is 3.98. The number of hydrogen-bond donors (Lipinski definition) is 1. The third-order valence-electron chi connectivity index (χ3n) is 5.08. The minimum Gasteiger partial charge on any atom is -0.372 e. The number of carbonyl (C=O) groups excluding carboxylic acids is 1. The average molecular weight is 397 g/mol. The number of thiophene rings is 1. The number of hydrogen-bond acceptors (Lipinski definition) is 6.